The van der Waals surface area contributed by atoms with Crippen molar-refractivity contribution in [3.8, 4) is 0 Å². The van der Waals surface area contributed by atoms with Gasteiger partial charge in [-0.15, -0.1) is 0 Å². The maximum absolute atomic E-state index is 13.0. The lowest BCUT2D eigenvalue weighted by Gasteiger charge is -2.12. The van der Waals surface area contributed by atoms with Gasteiger partial charge in [-0.2, -0.15) is 0 Å². The van der Waals surface area contributed by atoms with Crippen LogP contribution in [0.1, 0.15) is 6.92 Å². The fourth-order valence-electron chi connectivity index (χ4n) is 1.47. The minimum atomic E-state index is -0.706. The van der Waals surface area contributed by atoms with E-state index in [2.05, 4.69) is 19.7 Å². The summed E-state index contributed by atoms with van der Waals surface area (Å²) in [6.45, 7) is 3.44. The Bertz CT molecular complexity index is 123. The zero-order valence-corrected chi connectivity index (χ0v) is 7.18. The molecule has 1 N–H and O–H groups in total. The van der Waals surface area contributed by atoms with Gasteiger partial charge in [0.25, 0.3) is 0 Å². The zero-order chi connectivity index (χ0) is 8.27. The summed E-state index contributed by atoms with van der Waals surface area (Å²) in [5.74, 6) is 0. The lowest BCUT2D eigenvalue weighted by atomic mass is 9.88. The van der Waals surface area contributed by atoms with Crippen LogP contribution in [0.4, 0.5) is 4.39 Å². The Morgan fingerprint density at radius 2 is 2.36 bits per heavy atom. The highest BCUT2D eigenvalue weighted by atomic mass is 19.1. The number of rotatable bonds is 3. The molecule has 63 valence electrons. The van der Waals surface area contributed by atoms with E-state index in [-0.39, 0.29) is 6.04 Å². The summed E-state index contributed by atoms with van der Waals surface area (Å²) in [6.07, 6.45) is 0.283. The lowest BCUT2D eigenvalue weighted by Crippen LogP contribution is -2.34. The van der Waals surface area contributed by atoms with Gasteiger partial charge >= 0.3 is 0 Å². The van der Waals surface area contributed by atoms with Gasteiger partial charge in [-0.3, -0.25) is 0 Å². The normalized spacial score (nSPS) is 32.6. The van der Waals surface area contributed by atoms with E-state index in [4.69, 9.17) is 0 Å². The van der Waals surface area contributed by atoms with Gasteiger partial charge in [0.1, 0.15) is 6.17 Å². The molecule has 2 nitrogen and oxygen atoms in total. The third-order valence-corrected chi connectivity index (χ3v) is 2.09. The highest BCUT2D eigenvalue weighted by Crippen LogP contribution is 2.12. The molecule has 0 saturated carbocycles. The fraction of sp³-hybridized carbons (Fsp3) is 1.00. The van der Waals surface area contributed by atoms with Gasteiger partial charge in [0.15, 0.2) is 0 Å². The van der Waals surface area contributed by atoms with Crippen molar-refractivity contribution in [3.05, 3.63) is 0 Å². The van der Waals surface area contributed by atoms with Crippen molar-refractivity contribution in [2.75, 3.05) is 20.1 Å². The standard InChI is InChI=1S/C7H15BFN2/c1-3-8-11-4-6(9)7(5-11)10-2/h6-7,10H,3-5H2,1-2H3/t6-,7?/m0/s1. The maximum atomic E-state index is 13.0. The first-order valence-electron chi connectivity index (χ1n) is 4.16. The molecule has 1 unspecified atom stereocenters. The Morgan fingerprint density at radius 3 is 2.82 bits per heavy atom. The second-order valence-corrected chi connectivity index (χ2v) is 2.96. The highest BCUT2D eigenvalue weighted by molar-refractivity contribution is 6.31. The van der Waals surface area contributed by atoms with Crippen LogP contribution >= 0.6 is 0 Å². The Morgan fingerprint density at radius 1 is 1.64 bits per heavy atom. The summed E-state index contributed by atoms with van der Waals surface area (Å²) in [5, 5.41) is 2.97. The Labute approximate surface area is 68.4 Å². The van der Waals surface area contributed by atoms with E-state index in [1.165, 1.54) is 0 Å². The second-order valence-electron chi connectivity index (χ2n) is 2.96. The van der Waals surface area contributed by atoms with Crippen LogP contribution in [0.5, 0.6) is 0 Å². The van der Waals surface area contributed by atoms with E-state index >= 15 is 0 Å². The van der Waals surface area contributed by atoms with Crippen molar-refractivity contribution in [1.82, 2.24) is 10.1 Å². The quantitative estimate of drug-likeness (QED) is 0.592. The van der Waals surface area contributed by atoms with Gasteiger partial charge in [-0.05, 0) is 7.05 Å². The predicted molar refractivity (Wildman–Crippen MR) is 45.6 cm³/mol. The Hall–Kier alpha value is -0.0851. The summed E-state index contributed by atoms with van der Waals surface area (Å²) in [7, 11) is 3.87. The molecule has 0 amide bonds. The first kappa shape index (κ1) is 9.01. The van der Waals surface area contributed by atoms with Crippen molar-refractivity contribution in [2.45, 2.75) is 25.5 Å². The molecule has 11 heavy (non-hydrogen) atoms. The average Bonchev–Trinajstić information content (AvgIpc) is 2.32. The van der Waals surface area contributed by atoms with Crippen molar-refractivity contribution in [3.63, 3.8) is 0 Å². The first-order valence-corrected chi connectivity index (χ1v) is 4.16. The van der Waals surface area contributed by atoms with E-state index in [0.717, 1.165) is 12.9 Å². The van der Waals surface area contributed by atoms with Crippen molar-refractivity contribution >= 4 is 7.41 Å². The summed E-state index contributed by atoms with van der Waals surface area (Å²) >= 11 is 0. The number of hydrogen-bond donors (Lipinski definition) is 1. The SMILES string of the molecule is CC[B]N1CC(NC)[C@@H](F)C1. The number of nitrogens with one attached hydrogen (secondary N) is 1. The van der Waals surface area contributed by atoms with Crippen molar-refractivity contribution < 1.29 is 4.39 Å². The van der Waals surface area contributed by atoms with Gasteiger partial charge < -0.3 is 10.1 Å². The molecule has 1 aliphatic rings. The van der Waals surface area contributed by atoms with Crippen LogP contribution in [0.25, 0.3) is 0 Å². The van der Waals surface area contributed by atoms with Crippen LogP contribution in [0.2, 0.25) is 6.32 Å². The molecule has 0 aromatic heterocycles. The zero-order valence-electron chi connectivity index (χ0n) is 7.18. The number of hydrogen-bond acceptors (Lipinski definition) is 2. The molecule has 0 bridgehead atoms. The van der Waals surface area contributed by atoms with Crippen LogP contribution in [0.15, 0.2) is 0 Å². The van der Waals surface area contributed by atoms with Crippen molar-refractivity contribution in [1.29, 1.82) is 0 Å². The maximum Gasteiger partial charge on any atom is 0.208 e. The van der Waals surface area contributed by atoms with E-state index in [0.29, 0.717) is 6.54 Å². The summed E-state index contributed by atoms with van der Waals surface area (Å²) in [4.78, 5) is 2.05. The number of alkyl halides is 1. The molecule has 4 heteroatoms. The molecule has 1 heterocycles. The smallest absolute Gasteiger partial charge is 0.208 e. The van der Waals surface area contributed by atoms with Crippen LogP contribution in [-0.4, -0.2) is 44.6 Å². The third-order valence-electron chi connectivity index (χ3n) is 2.09. The highest BCUT2D eigenvalue weighted by Gasteiger charge is 2.30. The average molecular weight is 157 g/mol. The molecule has 0 aliphatic carbocycles. The molecular formula is C7H15BFN2. The fourth-order valence-corrected chi connectivity index (χ4v) is 1.47. The van der Waals surface area contributed by atoms with E-state index in [9.17, 15) is 4.39 Å². The lowest BCUT2D eigenvalue weighted by molar-refractivity contribution is 0.304. The molecule has 0 spiro atoms. The van der Waals surface area contributed by atoms with Crippen LogP contribution < -0.4 is 5.32 Å². The minimum absolute atomic E-state index is 0.0257. The summed E-state index contributed by atoms with van der Waals surface area (Å²) in [6, 6.07) is 0.0257. The topological polar surface area (TPSA) is 15.3 Å². The second kappa shape index (κ2) is 4.07. The predicted octanol–water partition coefficient (Wildman–Crippen LogP) is 0.285. The van der Waals surface area contributed by atoms with Gasteiger partial charge in [0.05, 0.1) is 6.04 Å². The van der Waals surface area contributed by atoms with Crippen LogP contribution in [0, 0.1) is 0 Å². The summed E-state index contributed by atoms with van der Waals surface area (Å²) < 4.78 is 13.0. The van der Waals surface area contributed by atoms with Crippen molar-refractivity contribution in [2.24, 2.45) is 0 Å². The molecule has 1 rings (SSSR count). The van der Waals surface area contributed by atoms with Gasteiger partial charge in [0, 0.05) is 13.1 Å². The molecular weight excluding hydrogens is 142 g/mol. The van der Waals surface area contributed by atoms with Crippen LogP contribution in [0.3, 0.4) is 0 Å². The van der Waals surface area contributed by atoms with E-state index in [1.807, 2.05) is 11.9 Å². The number of likely N-dealkylation sites (N-methyl/N-ethyl adjacent to an activating group) is 1. The molecule has 1 fully saturated rings. The van der Waals surface area contributed by atoms with Gasteiger partial charge in [-0.1, -0.05) is 13.2 Å². The number of halogens is 1. The monoisotopic (exact) mass is 157 g/mol. The Kier molecular flexibility index (Phi) is 3.33. The molecule has 2 atom stereocenters. The summed E-state index contributed by atoms with van der Waals surface area (Å²) in [5.41, 5.74) is 0. The molecule has 1 radical (unpaired) electrons. The molecule has 0 aromatic carbocycles. The third kappa shape index (κ3) is 2.17. The minimum Gasteiger partial charge on any atom is -0.343 e. The first-order chi connectivity index (χ1) is 5.27. The van der Waals surface area contributed by atoms with Gasteiger partial charge in [-0.25, -0.2) is 4.39 Å². The molecule has 1 saturated heterocycles. The molecule has 0 aromatic rings. The van der Waals surface area contributed by atoms with Crippen LogP contribution in [-0.2, 0) is 0 Å². The van der Waals surface area contributed by atoms with Gasteiger partial charge in [0.2, 0.25) is 7.41 Å². The Balaban J connectivity index is 2.30. The van der Waals surface area contributed by atoms with E-state index < -0.39 is 6.17 Å². The largest absolute Gasteiger partial charge is 0.343 e. The molecule has 1 aliphatic heterocycles. The van der Waals surface area contributed by atoms with E-state index in [1.54, 1.807) is 0 Å². The number of nitrogens with zero attached hydrogens (tertiary/aromatic N) is 1.